The maximum atomic E-state index is 4.37. The van der Waals surface area contributed by atoms with Gasteiger partial charge in [-0.15, -0.1) is 11.3 Å². The maximum Gasteiger partial charge on any atom is 0.127 e. The molecule has 0 atom stereocenters. The van der Waals surface area contributed by atoms with Crippen LogP contribution in [0.3, 0.4) is 0 Å². The third-order valence-corrected chi connectivity index (χ3v) is 4.58. The fraction of sp³-hybridized carbons (Fsp3) is 0.400. The largest absolute Gasteiger partial charge is 0.312 e. The molecule has 0 spiro atoms. The third kappa shape index (κ3) is 1.57. The van der Waals surface area contributed by atoms with Crippen LogP contribution in [0.25, 0.3) is 10.2 Å². The monoisotopic (exact) mass is 331 g/mol. The molecule has 3 rings (SSSR count). The number of rotatable bonds is 1. The van der Waals surface area contributed by atoms with Crippen LogP contribution in [-0.4, -0.2) is 16.5 Å². The summed E-state index contributed by atoms with van der Waals surface area (Å²) in [4.78, 5) is 11.3. The first-order chi connectivity index (χ1) is 7.40. The number of hydrogen-bond donors (Lipinski definition) is 1. The van der Waals surface area contributed by atoms with Crippen molar-refractivity contribution in [2.24, 2.45) is 0 Å². The predicted molar refractivity (Wildman–Crippen MR) is 70.5 cm³/mol. The first kappa shape index (κ1) is 9.92. The van der Waals surface area contributed by atoms with E-state index in [2.05, 4.69) is 37.9 Å². The smallest absolute Gasteiger partial charge is 0.127 e. The van der Waals surface area contributed by atoms with Crippen LogP contribution in [0, 0.1) is 0 Å². The molecular weight excluding hydrogens is 321 g/mol. The average molecular weight is 331 g/mol. The van der Waals surface area contributed by atoms with Crippen molar-refractivity contribution in [3.8, 4) is 0 Å². The number of alkyl halides is 1. The lowest BCUT2D eigenvalue weighted by Crippen LogP contribution is -2.22. The second kappa shape index (κ2) is 3.95. The van der Waals surface area contributed by atoms with E-state index in [4.69, 9.17) is 0 Å². The van der Waals surface area contributed by atoms with Gasteiger partial charge in [-0.3, -0.25) is 0 Å². The molecule has 0 aliphatic carbocycles. The van der Waals surface area contributed by atoms with Gasteiger partial charge in [0.2, 0.25) is 0 Å². The van der Waals surface area contributed by atoms with E-state index in [1.54, 1.807) is 6.33 Å². The van der Waals surface area contributed by atoms with Gasteiger partial charge in [0.05, 0.1) is 5.69 Å². The van der Waals surface area contributed by atoms with Crippen LogP contribution in [0.4, 0.5) is 0 Å². The van der Waals surface area contributed by atoms with Gasteiger partial charge >= 0.3 is 0 Å². The predicted octanol–water partition coefficient (Wildman–Crippen LogP) is 2.27. The Balaban J connectivity index is 2.33. The highest BCUT2D eigenvalue weighted by atomic mass is 127. The van der Waals surface area contributed by atoms with Gasteiger partial charge in [-0.2, -0.15) is 0 Å². The number of halogens is 1. The molecule has 0 saturated carbocycles. The molecule has 0 aromatic carbocycles. The standard InChI is InChI=1S/C10H10IN3S/c11-3-7-9-6-1-2-12-4-8(6)15-10(9)14-5-13-7/h5,12H,1-4H2. The van der Waals surface area contributed by atoms with Gasteiger partial charge < -0.3 is 5.32 Å². The summed E-state index contributed by atoms with van der Waals surface area (Å²) in [7, 11) is 0. The van der Waals surface area contributed by atoms with E-state index < -0.39 is 0 Å². The zero-order chi connectivity index (χ0) is 10.3. The van der Waals surface area contributed by atoms with Crippen LogP contribution in [0.5, 0.6) is 0 Å². The van der Waals surface area contributed by atoms with Crippen LogP contribution in [0.15, 0.2) is 6.33 Å². The molecule has 0 fully saturated rings. The summed E-state index contributed by atoms with van der Waals surface area (Å²) in [6, 6.07) is 0. The molecule has 1 aliphatic rings. The number of aromatic nitrogens is 2. The van der Waals surface area contributed by atoms with Crippen LogP contribution >= 0.6 is 33.9 Å². The number of thiophene rings is 1. The number of nitrogens with one attached hydrogen (secondary N) is 1. The molecule has 0 radical (unpaired) electrons. The van der Waals surface area contributed by atoms with E-state index >= 15 is 0 Å². The van der Waals surface area contributed by atoms with Crippen molar-refractivity contribution in [3.63, 3.8) is 0 Å². The normalized spacial score (nSPS) is 15.5. The molecule has 1 aliphatic heterocycles. The molecule has 2 aromatic rings. The first-order valence-electron chi connectivity index (χ1n) is 4.91. The van der Waals surface area contributed by atoms with Gasteiger partial charge in [-0.1, -0.05) is 22.6 Å². The maximum absolute atomic E-state index is 4.37. The molecule has 0 saturated heterocycles. The Labute approximate surface area is 105 Å². The van der Waals surface area contributed by atoms with E-state index in [-0.39, 0.29) is 0 Å². The van der Waals surface area contributed by atoms with Crippen molar-refractivity contribution in [2.45, 2.75) is 17.4 Å². The van der Waals surface area contributed by atoms with Crippen LogP contribution < -0.4 is 5.32 Å². The molecule has 3 nitrogen and oxygen atoms in total. The lowest BCUT2D eigenvalue weighted by molar-refractivity contribution is 0.657. The highest BCUT2D eigenvalue weighted by Gasteiger charge is 2.18. The van der Waals surface area contributed by atoms with Crippen molar-refractivity contribution < 1.29 is 0 Å². The molecule has 78 valence electrons. The summed E-state index contributed by atoms with van der Waals surface area (Å²) in [5.74, 6) is 0. The Morgan fingerprint density at radius 3 is 3.27 bits per heavy atom. The van der Waals surface area contributed by atoms with Crippen LogP contribution in [0.1, 0.15) is 16.1 Å². The Morgan fingerprint density at radius 1 is 1.47 bits per heavy atom. The summed E-state index contributed by atoms with van der Waals surface area (Å²) in [6.45, 7) is 2.07. The van der Waals surface area contributed by atoms with Crippen molar-refractivity contribution in [1.29, 1.82) is 0 Å². The summed E-state index contributed by atoms with van der Waals surface area (Å²) in [5, 5.41) is 4.73. The van der Waals surface area contributed by atoms with Gasteiger partial charge in [0.25, 0.3) is 0 Å². The van der Waals surface area contributed by atoms with Gasteiger partial charge in [0, 0.05) is 21.2 Å². The van der Waals surface area contributed by atoms with E-state index in [9.17, 15) is 0 Å². The molecule has 2 aromatic heterocycles. The topological polar surface area (TPSA) is 37.8 Å². The van der Waals surface area contributed by atoms with E-state index in [0.717, 1.165) is 28.8 Å². The third-order valence-electron chi connectivity index (χ3n) is 2.71. The van der Waals surface area contributed by atoms with Crippen molar-refractivity contribution >= 4 is 44.1 Å². The number of hydrogen-bond acceptors (Lipinski definition) is 4. The van der Waals surface area contributed by atoms with Crippen molar-refractivity contribution in [3.05, 3.63) is 22.5 Å². The van der Waals surface area contributed by atoms with E-state index in [0.29, 0.717) is 0 Å². The minimum atomic E-state index is 0.966. The molecular formula is C10H10IN3S. The van der Waals surface area contributed by atoms with E-state index in [1.165, 1.54) is 21.5 Å². The van der Waals surface area contributed by atoms with Gasteiger partial charge in [-0.25, -0.2) is 9.97 Å². The van der Waals surface area contributed by atoms with Crippen molar-refractivity contribution in [2.75, 3.05) is 6.54 Å². The number of fused-ring (bicyclic) bond motifs is 3. The zero-order valence-electron chi connectivity index (χ0n) is 8.09. The fourth-order valence-electron chi connectivity index (χ4n) is 2.03. The van der Waals surface area contributed by atoms with E-state index in [1.807, 2.05) is 11.3 Å². The Bertz CT molecular complexity index is 509. The van der Waals surface area contributed by atoms with Gasteiger partial charge in [0.1, 0.15) is 11.2 Å². The highest BCUT2D eigenvalue weighted by molar-refractivity contribution is 14.1. The quantitative estimate of drug-likeness (QED) is 0.644. The van der Waals surface area contributed by atoms with Crippen LogP contribution in [0.2, 0.25) is 0 Å². The second-order valence-electron chi connectivity index (χ2n) is 3.56. The molecule has 1 N–H and O–H groups in total. The minimum Gasteiger partial charge on any atom is -0.312 e. The summed E-state index contributed by atoms with van der Waals surface area (Å²) < 4.78 is 0.966. The lowest BCUT2D eigenvalue weighted by atomic mass is 10.1. The molecule has 0 unspecified atom stereocenters. The average Bonchev–Trinajstić information content (AvgIpc) is 2.67. The van der Waals surface area contributed by atoms with Gasteiger partial charge in [-0.05, 0) is 18.5 Å². The summed E-state index contributed by atoms with van der Waals surface area (Å²) in [5.41, 5.74) is 2.68. The van der Waals surface area contributed by atoms with Crippen LogP contribution in [-0.2, 0) is 17.4 Å². The molecule has 15 heavy (non-hydrogen) atoms. The summed E-state index contributed by atoms with van der Waals surface area (Å²) >= 11 is 4.18. The Hall–Kier alpha value is -0.270. The van der Waals surface area contributed by atoms with Gasteiger partial charge in [0.15, 0.2) is 0 Å². The second-order valence-corrected chi connectivity index (χ2v) is 5.41. The molecule has 0 amide bonds. The number of nitrogens with zero attached hydrogens (tertiary/aromatic N) is 2. The summed E-state index contributed by atoms with van der Waals surface area (Å²) in [6.07, 6.45) is 2.80. The fourth-order valence-corrected chi connectivity index (χ4v) is 3.78. The Kier molecular flexibility index (Phi) is 2.61. The first-order valence-corrected chi connectivity index (χ1v) is 7.25. The SMILES string of the molecule is ICc1ncnc2sc3c(c12)CCNC3. The molecule has 0 bridgehead atoms. The minimum absolute atomic E-state index is 0.966. The molecule has 3 heterocycles. The lowest BCUT2D eigenvalue weighted by Gasteiger charge is -2.12. The Morgan fingerprint density at radius 2 is 2.40 bits per heavy atom. The molecule has 5 heteroatoms. The zero-order valence-corrected chi connectivity index (χ0v) is 11.1. The highest BCUT2D eigenvalue weighted by Crippen LogP contribution is 2.33. The van der Waals surface area contributed by atoms with Crippen molar-refractivity contribution in [1.82, 2.24) is 15.3 Å².